The maximum atomic E-state index is 7.63. The van der Waals surface area contributed by atoms with Crippen molar-refractivity contribution in [3.05, 3.63) is 24.0 Å². The molecule has 104 valence electrons. The number of nitrogens with one attached hydrogen (secondary N) is 1. The summed E-state index contributed by atoms with van der Waals surface area (Å²) < 4.78 is 0. The Morgan fingerprint density at radius 2 is 2.00 bits per heavy atom. The van der Waals surface area contributed by atoms with Gasteiger partial charge in [-0.25, -0.2) is 0 Å². The van der Waals surface area contributed by atoms with Gasteiger partial charge in [-0.2, -0.15) is 0 Å². The lowest BCUT2D eigenvalue weighted by atomic mass is 9.74. The van der Waals surface area contributed by atoms with Crippen LogP contribution < -0.4 is 10.6 Å². The van der Waals surface area contributed by atoms with Crippen molar-refractivity contribution in [2.45, 2.75) is 39.5 Å². The average molecular weight is 260 g/mol. The van der Waals surface area contributed by atoms with Gasteiger partial charge in [-0.3, -0.25) is 10.4 Å². The maximum absolute atomic E-state index is 7.63. The molecular formula is C15H24N4. The summed E-state index contributed by atoms with van der Waals surface area (Å²) in [4.78, 5) is 6.57. The van der Waals surface area contributed by atoms with Gasteiger partial charge in [0.25, 0.3) is 0 Å². The smallest absolute Gasteiger partial charge is 0.143 e. The second-order valence-corrected chi connectivity index (χ2v) is 5.48. The molecule has 0 atom stereocenters. The second-order valence-electron chi connectivity index (χ2n) is 5.48. The summed E-state index contributed by atoms with van der Waals surface area (Å²) >= 11 is 0. The van der Waals surface area contributed by atoms with Crippen molar-refractivity contribution >= 4 is 11.5 Å². The minimum absolute atomic E-state index is 0.0541. The van der Waals surface area contributed by atoms with Crippen molar-refractivity contribution in [3.8, 4) is 0 Å². The van der Waals surface area contributed by atoms with Crippen LogP contribution in [0.2, 0.25) is 0 Å². The number of rotatable bonds is 4. The molecule has 19 heavy (non-hydrogen) atoms. The molecule has 1 fully saturated rings. The number of hydrogen-bond acceptors (Lipinski definition) is 3. The largest absolute Gasteiger partial charge is 0.382 e. The van der Waals surface area contributed by atoms with E-state index in [1.54, 1.807) is 6.20 Å². The summed E-state index contributed by atoms with van der Waals surface area (Å²) in [6.45, 7) is 6.66. The lowest BCUT2D eigenvalue weighted by Gasteiger charge is -2.42. The summed E-state index contributed by atoms with van der Waals surface area (Å²) in [5.41, 5.74) is 7.75. The minimum Gasteiger partial charge on any atom is -0.382 e. The summed E-state index contributed by atoms with van der Waals surface area (Å²) in [5, 5.41) is 7.63. The molecule has 0 unspecified atom stereocenters. The Kier molecular flexibility index (Phi) is 4.08. The number of aromatic nitrogens is 1. The first-order valence-corrected chi connectivity index (χ1v) is 7.16. The van der Waals surface area contributed by atoms with E-state index in [1.807, 2.05) is 12.1 Å². The number of nitrogen functional groups attached to an aromatic ring is 1. The van der Waals surface area contributed by atoms with Crippen molar-refractivity contribution in [2.75, 3.05) is 18.0 Å². The van der Waals surface area contributed by atoms with E-state index in [1.165, 1.54) is 25.7 Å². The number of pyridine rings is 1. The highest BCUT2D eigenvalue weighted by Gasteiger charge is 2.32. The Labute approximate surface area is 115 Å². The molecule has 3 N–H and O–H groups in total. The van der Waals surface area contributed by atoms with Crippen LogP contribution in [0.5, 0.6) is 0 Å². The lowest BCUT2D eigenvalue weighted by Crippen LogP contribution is -2.40. The van der Waals surface area contributed by atoms with Crippen LogP contribution in [0.3, 0.4) is 0 Å². The molecule has 0 aliphatic carbocycles. The van der Waals surface area contributed by atoms with Gasteiger partial charge in [0.05, 0.1) is 5.69 Å². The van der Waals surface area contributed by atoms with Gasteiger partial charge in [-0.05, 0) is 30.4 Å². The van der Waals surface area contributed by atoms with E-state index in [9.17, 15) is 0 Å². The normalized spacial score (nSPS) is 18.3. The highest BCUT2D eigenvalue weighted by molar-refractivity contribution is 5.98. The molecule has 2 heterocycles. The predicted molar refractivity (Wildman–Crippen MR) is 79.7 cm³/mol. The molecule has 4 heteroatoms. The molecule has 0 bridgehead atoms. The van der Waals surface area contributed by atoms with Gasteiger partial charge in [0.1, 0.15) is 11.5 Å². The van der Waals surface area contributed by atoms with Gasteiger partial charge < -0.3 is 10.6 Å². The highest BCUT2D eigenvalue weighted by Crippen LogP contribution is 2.39. The number of amidine groups is 1. The molecule has 0 saturated carbocycles. The summed E-state index contributed by atoms with van der Waals surface area (Å²) in [7, 11) is 0. The van der Waals surface area contributed by atoms with E-state index >= 15 is 0 Å². The van der Waals surface area contributed by atoms with Crippen molar-refractivity contribution in [3.63, 3.8) is 0 Å². The third-order valence-corrected chi connectivity index (χ3v) is 4.71. The third kappa shape index (κ3) is 2.72. The van der Waals surface area contributed by atoms with E-state index < -0.39 is 0 Å². The average Bonchev–Trinajstić information content (AvgIpc) is 2.47. The number of anilines is 1. The second kappa shape index (κ2) is 5.59. The van der Waals surface area contributed by atoms with Crippen LogP contribution >= 0.6 is 0 Å². The molecule has 1 aliphatic rings. The fourth-order valence-electron chi connectivity index (χ4n) is 3.04. The van der Waals surface area contributed by atoms with Crippen LogP contribution in [-0.4, -0.2) is 23.9 Å². The topological polar surface area (TPSA) is 66.0 Å². The lowest BCUT2D eigenvalue weighted by molar-refractivity contribution is 0.199. The molecule has 0 aromatic carbocycles. The van der Waals surface area contributed by atoms with E-state index in [2.05, 4.69) is 23.7 Å². The molecule has 4 nitrogen and oxygen atoms in total. The van der Waals surface area contributed by atoms with E-state index in [4.69, 9.17) is 11.1 Å². The summed E-state index contributed by atoms with van der Waals surface area (Å²) in [6, 6.07) is 3.94. The Morgan fingerprint density at radius 3 is 2.53 bits per heavy atom. The number of nitrogens with zero attached hydrogens (tertiary/aromatic N) is 2. The molecule has 1 aliphatic heterocycles. The molecule has 1 aromatic heterocycles. The van der Waals surface area contributed by atoms with Crippen molar-refractivity contribution in [2.24, 2.45) is 11.1 Å². The van der Waals surface area contributed by atoms with Gasteiger partial charge in [-0.15, -0.1) is 0 Å². The molecular weight excluding hydrogens is 236 g/mol. The van der Waals surface area contributed by atoms with Gasteiger partial charge in [0.15, 0.2) is 0 Å². The Hall–Kier alpha value is -1.58. The van der Waals surface area contributed by atoms with E-state index in [0.717, 1.165) is 18.8 Å². The third-order valence-electron chi connectivity index (χ3n) is 4.71. The van der Waals surface area contributed by atoms with Gasteiger partial charge in [0.2, 0.25) is 0 Å². The molecule has 2 rings (SSSR count). The maximum Gasteiger partial charge on any atom is 0.143 e. The fraction of sp³-hybridized carbons (Fsp3) is 0.600. The van der Waals surface area contributed by atoms with Gasteiger partial charge in [-0.1, -0.05) is 26.7 Å². The molecule has 0 amide bonds. The standard InChI is InChI=1S/C15H24N4/c1-3-15(4-2)7-10-19(11-8-15)12-6-5-9-18-13(12)14(16)17/h5-6,9H,3-4,7-8,10-11H2,1-2H3,(H3,16,17). The van der Waals surface area contributed by atoms with Gasteiger partial charge in [0, 0.05) is 19.3 Å². The monoisotopic (exact) mass is 260 g/mol. The molecule has 1 aromatic rings. The minimum atomic E-state index is 0.0541. The van der Waals surface area contributed by atoms with Gasteiger partial charge >= 0.3 is 0 Å². The van der Waals surface area contributed by atoms with Crippen LogP contribution in [0.1, 0.15) is 45.2 Å². The fourth-order valence-corrected chi connectivity index (χ4v) is 3.04. The SMILES string of the molecule is CCC1(CC)CCN(c2cccnc2C(=N)N)CC1. The van der Waals surface area contributed by atoms with Crippen LogP contribution in [0.25, 0.3) is 0 Å². The first-order chi connectivity index (χ1) is 9.12. The van der Waals surface area contributed by atoms with Crippen LogP contribution in [0, 0.1) is 10.8 Å². The zero-order valence-corrected chi connectivity index (χ0v) is 11.9. The first kappa shape index (κ1) is 13.8. The Bertz CT molecular complexity index is 441. The zero-order chi connectivity index (χ0) is 13.9. The van der Waals surface area contributed by atoms with E-state index in [0.29, 0.717) is 11.1 Å². The Balaban J connectivity index is 2.16. The summed E-state index contributed by atoms with van der Waals surface area (Å²) in [5.74, 6) is 0.0541. The van der Waals surface area contributed by atoms with Crippen molar-refractivity contribution < 1.29 is 0 Å². The number of hydrogen-bond donors (Lipinski definition) is 2. The van der Waals surface area contributed by atoms with Crippen LogP contribution in [0.4, 0.5) is 5.69 Å². The molecule has 1 saturated heterocycles. The number of piperidine rings is 1. The first-order valence-electron chi connectivity index (χ1n) is 7.16. The van der Waals surface area contributed by atoms with Crippen molar-refractivity contribution in [1.82, 2.24) is 4.98 Å². The van der Waals surface area contributed by atoms with E-state index in [-0.39, 0.29) is 5.84 Å². The van der Waals surface area contributed by atoms with Crippen LogP contribution in [-0.2, 0) is 0 Å². The summed E-state index contributed by atoms with van der Waals surface area (Å²) in [6.07, 6.45) is 6.64. The Morgan fingerprint density at radius 1 is 1.37 bits per heavy atom. The highest BCUT2D eigenvalue weighted by atomic mass is 15.1. The molecule has 0 spiro atoms. The predicted octanol–water partition coefficient (Wildman–Crippen LogP) is 2.77. The van der Waals surface area contributed by atoms with Crippen LogP contribution in [0.15, 0.2) is 18.3 Å². The van der Waals surface area contributed by atoms with Crippen molar-refractivity contribution in [1.29, 1.82) is 5.41 Å². The quantitative estimate of drug-likeness (QED) is 0.646. The molecule has 0 radical (unpaired) electrons. The zero-order valence-electron chi connectivity index (χ0n) is 11.9. The number of nitrogens with two attached hydrogens (primary N) is 1.